The third-order valence-electron chi connectivity index (χ3n) is 1.64. The fourth-order valence-electron chi connectivity index (χ4n) is 0.942. The van der Waals surface area contributed by atoms with Crippen LogP contribution in [-0.2, 0) is 0 Å². The van der Waals surface area contributed by atoms with E-state index in [4.69, 9.17) is 12.3 Å². The summed E-state index contributed by atoms with van der Waals surface area (Å²) < 4.78 is 0. The minimum Gasteiger partial charge on any atom is -0.407 e. The van der Waals surface area contributed by atoms with Gasteiger partial charge >= 0.3 is 0 Å². The molecule has 1 aromatic carbocycles. The number of anilines is 1. The smallest absolute Gasteiger partial charge is 0.250 e. The Balaban J connectivity index is 3.11. The van der Waals surface area contributed by atoms with Crippen LogP contribution in [0.5, 0.6) is 0 Å². The Kier molecular flexibility index (Phi) is 2.50. The van der Waals surface area contributed by atoms with E-state index in [2.05, 4.69) is 10.2 Å². The standard InChI is InChI=1S/C9H9N3O/c1-11-8-4-3-6(5-7(8)10)9(13)12-2/h3-5H,10H2,2H3,(H,12,13). The van der Waals surface area contributed by atoms with Crippen LogP contribution in [0.2, 0.25) is 0 Å². The molecule has 0 aromatic heterocycles. The average molecular weight is 175 g/mol. The highest BCUT2D eigenvalue weighted by molar-refractivity contribution is 5.95. The van der Waals surface area contributed by atoms with Crippen molar-refractivity contribution in [2.45, 2.75) is 0 Å². The number of hydrogen-bond donors (Lipinski definition) is 2. The van der Waals surface area contributed by atoms with Gasteiger partial charge in [0.2, 0.25) is 5.69 Å². The average Bonchev–Trinajstić information content (AvgIpc) is 2.16. The van der Waals surface area contributed by atoms with Gasteiger partial charge in [0.25, 0.3) is 5.91 Å². The number of carbonyl (C=O) groups excluding carboxylic acids is 1. The topological polar surface area (TPSA) is 59.5 Å². The van der Waals surface area contributed by atoms with Gasteiger partial charge in [-0.1, -0.05) is 12.1 Å². The summed E-state index contributed by atoms with van der Waals surface area (Å²) in [5.41, 5.74) is 6.69. The van der Waals surface area contributed by atoms with Crippen LogP contribution in [0.1, 0.15) is 10.4 Å². The van der Waals surface area contributed by atoms with Gasteiger partial charge in [-0.05, 0) is 6.07 Å². The number of rotatable bonds is 1. The highest BCUT2D eigenvalue weighted by Crippen LogP contribution is 2.22. The highest BCUT2D eigenvalue weighted by atomic mass is 16.1. The Labute approximate surface area is 76.2 Å². The number of nitrogens with one attached hydrogen (secondary N) is 1. The van der Waals surface area contributed by atoms with Crippen LogP contribution in [-0.4, -0.2) is 13.0 Å². The summed E-state index contributed by atoms with van der Waals surface area (Å²) in [6.45, 7) is 6.75. The van der Waals surface area contributed by atoms with Gasteiger partial charge in [0.1, 0.15) is 0 Å². The number of amides is 1. The molecule has 0 aliphatic heterocycles. The fourth-order valence-corrected chi connectivity index (χ4v) is 0.942. The van der Waals surface area contributed by atoms with Gasteiger partial charge in [0.05, 0.1) is 6.57 Å². The lowest BCUT2D eigenvalue weighted by molar-refractivity contribution is 0.0963. The molecule has 1 amide bonds. The van der Waals surface area contributed by atoms with Gasteiger partial charge in [-0.3, -0.25) is 4.79 Å². The molecule has 4 nitrogen and oxygen atoms in total. The van der Waals surface area contributed by atoms with Gasteiger partial charge in [0.15, 0.2) is 0 Å². The summed E-state index contributed by atoms with van der Waals surface area (Å²) in [5, 5.41) is 2.47. The number of nitrogens with two attached hydrogens (primary N) is 1. The molecule has 0 aliphatic rings. The molecule has 0 saturated carbocycles. The van der Waals surface area contributed by atoms with Crippen molar-refractivity contribution in [3.8, 4) is 0 Å². The van der Waals surface area contributed by atoms with Crippen LogP contribution in [0.3, 0.4) is 0 Å². The zero-order chi connectivity index (χ0) is 9.84. The van der Waals surface area contributed by atoms with E-state index in [0.717, 1.165) is 0 Å². The molecule has 4 heteroatoms. The maximum Gasteiger partial charge on any atom is 0.250 e. The summed E-state index contributed by atoms with van der Waals surface area (Å²) in [6, 6.07) is 4.60. The van der Waals surface area contributed by atoms with Crippen LogP contribution in [0.25, 0.3) is 4.85 Å². The molecule has 0 unspecified atom stereocenters. The molecule has 1 rings (SSSR count). The molecule has 0 heterocycles. The van der Waals surface area contributed by atoms with Crippen molar-refractivity contribution < 1.29 is 4.79 Å². The number of nitrogens with zero attached hydrogens (tertiary/aromatic N) is 1. The summed E-state index contributed by atoms with van der Waals surface area (Å²) >= 11 is 0. The molecule has 66 valence electrons. The maximum absolute atomic E-state index is 11.1. The van der Waals surface area contributed by atoms with E-state index in [0.29, 0.717) is 16.9 Å². The molecule has 0 radical (unpaired) electrons. The van der Waals surface area contributed by atoms with E-state index in [-0.39, 0.29) is 5.91 Å². The minimum atomic E-state index is -0.205. The van der Waals surface area contributed by atoms with Crippen LogP contribution in [0.4, 0.5) is 11.4 Å². The van der Waals surface area contributed by atoms with E-state index in [1.807, 2.05) is 0 Å². The SMILES string of the molecule is [C-]#[N+]c1ccc(C(=O)NC)cc1N. The molecule has 0 atom stereocenters. The zero-order valence-corrected chi connectivity index (χ0v) is 7.16. The van der Waals surface area contributed by atoms with Gasteiger partial charge < -0.3 is 11.1 Å². The molecule has 0 bridgehead atoms. The Morgan fingerprint density at radius 2 is 2.31 bits per heavy atom. The second-order valence-electron chi connectivity index (χ2n) is 2.46. The van der Waals surface area contributed by atoms with Crippen LogP contribution < -0.4 is 11.1 Å². The largest absolute Gasteiger partial charge is 0.407 e. The Hall–Kier alpha value is -2.02. The third kappa shape index (κ3) is 1.76. The molecule has 3 N–H and O–H groups in total. The van der Waals surface area contributed by atoms with Crippen molar-refractivity contribution in [3.63, 3.8) is 0 Å². The Morgan fingerprint density at radius 1 is 1.62 bits per heavy atom. The fraction of sp³-hybridized carbons (Fsp3) is 0.111. The van der Waals surface area contributed by atoms with Crippen molar-refractivity contribution in [1.82, 2.24) is 5.32 Å². The molecule has 0 fully saturated rings. The second-order valence-corrected chi connectivity index (χ2v) is 2.46. The molecule has 0 aliphatic carbocycles. The van der Waals surface area contributed by atoms with Crippen LogP contribution >= 0.6 is 0 Å². The van der Waals surface area contributed by atoms with Gasteiger partial charge in [0, 0.05) is 18.3 Å². The first-order valence-electron chi connectivity index (χ1n) is 3.68. The quantitative estimate of drug-likeness (QED) is 0.497. The van der Waals surface area contributed by atoms with Crippen molar-refractivity contribution in [2.24, 2.45) is 0 Å². The predicted octanol–water partition coefficient (Wildman–Crippen LogP) is 1.18. The van der Waals surface area contributed by atoms with Crippen molar-refractivity contribution in [2.75, 3.05) is 12.8 Å². The first-order chi connectivity index (χ1) is 6.19. The minimum absolute atomic E-state index is 0.205. The van der Waals surface area contributed by atoms with Gasteiger partial charge in [-0.2, -0.15) is 0 Å². The number of hydrogen-bond acceptors (Lipinski definition) is 2. The van der Waals surface area contributed by atoms with Crippen molar-refractivity contribution in [3.05, 3.63) is 35.2 Å². The number of nitrogen functional groups attached to an aromatic ring is 1. The summed E-state index contributed by atoms with van der Waals surface area (Å²) in [4.78, 5) is 14.3. The molecular formula is C9H9N3O. The monoisotopic (exact) mass is 175 g/mol. The van der Waals surface area contributed by atoms with E-state index in [1.54, 1.807) is 13.1 Å². The third-order valence-corrected chi connectivity index (χ3v) is 1.64. The van der Waals surface area contributed by atoms with Crippen molar-refractivity contribution >= 4 is 17.3 Å². The zero-order valence-electron chi connectivity index (χ0n) is 7.16. The Bertz CT molecular complexity index is 379. The summed E-state index contributed by atoms with van der Waals surface area (Å²) in [7, 11) is 1.54. The van der Waals surface area contributed by atoms with Gasteiger partial charge in [-0.25, -0.2) is 4.85 Å². The van der Waals surface area contributed by atoms with E-state index in [1.165, 1.54) is 12.1 Å². The molecular weight excluding hydrogens is 166 g/mol. The maximum atomic E-state index is 11.1. The number of benzene rings is 1. The van der Waals surface area contributed by atoms with E-state index in [9.17, 15) is 4.79 Å². The lowest BCUT2D eigenvalue weighted by atomic mass is 10.1. The predicted molar refractivity (Wildman–Crippen MR) is 50.5 cm³/mol. The lowest BCUT2D eigenvalue weighted by Gasteiger charge is -2.01. The molecule has 13 heavy (non-hydrogen) atoms. The highest BCUT2D eigenvalue weighted by Gasteiger charge is 2.05. The van der Waals surface area contributed by atoms with E-state index >= 15 is 0 Å². The molecule has 1 aromatic rings. The normalized spacial score (nSPS) is 8.92. The summed E-state index contributed by atoms with van der Waals surface area (Å²) in [6.07, 6.45) is 0. The first-order valence-corrected chi connectivity index (χ1v) is 3.68. The summed E-state index contributed by atoms with van der Waals surface area (Å²) in [5.74, 6) is -0.205. The molecule has 0 saturated heterocycles. The Morgan fingerprint density at radius 3 is 2.77 bits per heavy atom. The van der Waals surface area contributed by atoms with Crippen molar-refractivity contribution in [1.29, 1.82) is 0 Å². The first kappa shape index (κ1) is 9.07. The number of carbonyl (C=O) groups is 1. The second kappa shape index (κ2) is 3.59. The van der Waals surface area contributed by atoms with Crippen LogP contribution in [0.15, 0.2) is 18.2 Å². The van der Waals surface area contributed by atoms with Gasteiger partial charge in [-0.15, -0.1) is 0 Å². The van der Waals surface area contributed by atoms with E-state index < -0.39 is 0 Å². The van der Waals surface area contributed by atoms with Crippen LogP contribution in [0, 0.1) is 6.57 Å². The lowest BCUT2D eigenvalue weighted by Crippen LogP contribution is -2.17. The molecule has 0 spiro atoms.